The number of aryl methyl sites for hydroxylation is 1. The minimum Gasteiger partial charge on any atom is -0.508 e. The normalized spacial score (nSPS) is 11.4. The first kappa shape index (κ1) is 9.13. The van der Waals surface area contributed by atoms with Crippen LogP contribution in [-0.2, 0) is 0 Å². The van der Waals surface area contributed by atoms with Gasteiger partial charge in [0, 0.05) is 23.2 Å². The molecule has 2 heteroatoms. The van der Waals surface area contributed by atoms with Crippen LogP contribution in [0.1, 0.15) is 25.6 Å². The maximum Gasteiger partial charge on any atom is 0.117 e. The first-order chi connectivity index (χ1) is 6.59. The third-order valence-electron chi connectivity index (χ3n) is 2.53. The lowest BCUT2D eigenvalue weighted by molar-refractivity contribution is 0.475. The molecule has 2 rings (SSSR count). The minimum absolute atomic E-state index is 0.331. The van der Waals surface area contributed by atoms with E-state index in [1.54, 1.807) is 6.07 Å². The quantitative estimate of drug-likeness (QED) is 0.732. The first-order valence-corrected chi connectivity index (χ1v) is 4.90. The number of phenols is 1. The van der Waals surface area contributed by atoms with Gasteiger partial charge in [-0.05, 0) is 39.0 Å². The summed E-state index contributed by atoms with van der Waals surface area (Å²) in [5, 5.41) is 10.6. The number of aromatic nitrogens is 1. The number of benzene rings is 1. The maximum atomic E-state index is 9.43. The van der Waals surface area contributed by atoms with Crippen molar-refractivity contribution in [3.05, 3.63) is 30.0 Å². The van der Waals surface area contributed by atoms with Crippen LogP contribution >= 0.6 is 0 Å². The topological polar surface area (TPSA) is 25.2 Å². The second-order valence-corrected chi connectivity index (χ2v) is 3.99. The molecule has 2 aromatic rings. The van der Waals surface area contributed by atoms with E-state index in [0.29, 0.717) is 11.8 Å². The van der Waals surface area contributed by atoms with Gasteiger partial charge in [0.1, 0.15) is 5.75 Å². The fourth-order valence-corrected chi connectivity index (χ4v) is 2.03. The molecule has 0 aliphatic rings. The molecule has 0 fully saturated rings. The number of hydrogen-bond donors (Lipinski definition) is 1. The largest absolute Gasteiger partial charge is 0.508 e. The molecule has 0 atom stereocenters. The Morgan fingerprint density at radius 3 is 2.57 bits per heavy atom. The van der Waals surface area contributed by atoms with Crippen molar-refractivity contribution in [2.45, 2.75) is 26.8 Å². The first-order valence-electron chi connectivity index (χ1n) is 4.90. The van der Waals surface area contributed by atoms with E-state index in [4.69, 9.17) is 0 Å². The Kier molecular flexibility index (Phi) is 1.99. The summed E-state index contributed by atoms with van der Waals surface area (Å²) in [5.74, 6) is 0.331. The second kappa shape index (κ2) is 3.05. The number of rotatable bonds is 1. The SMILES string of the molecule is Cc1cc2ccc(O)cc2n1C(C)C. The highest BCUT2D eigenvalue weighted by Crippen LogP contribution is 2.26. The zero-order valence-corrected chi connectivity index (χ0v) is 8.78. The van der Waals surface area contributed by atoms with E-state index in [-0.39, 0.29) is 0 Å². The number of aromatic hydroxyl groups is 1. The van der Waals surface area contributed by atoms with E-state index in [1.807, 2.05) is 12.1 Å². The summed E-state index contributed by atoms with van der Waals surface area (Å²) < 4.78 is 2.23. The number of phenolic OH excluding ortho intramolecular Hbond substituents is 1. The fourth-order valence-electron chi connectivity index (χ4n) is 2.03. The van der Waals surface area contributed by atoms with E-state index in [2.05, 4.69) is 31.4 Å². The van der Waals surface area contributed by atoms with Crippen LogP contribution in [-0.4, -0.2) is 9.67 Å². The van der Waals surface area contributed by atoms with Gasteiger partial charge < -0.3 is 9.67 Å². The van der Waals surface area contributed by atoms with Crippen molar-refractivity contribution in [3.63, 3.8) is 0 Å². The van der Waals surface area contributed by atoms with Gasteiger partial charge in [-0.3, -0.25) is 0 Å². The van der Waals surface area contributed by atoms with E-state index < -0.39 is 0 Å². The van der Waals surface area contributed by atoms with Crippen LogP contribution in [0.25, 0.3) is 10.9 Å². The van der Waals surface area contributed by atoms with Crippen LogP contribution < -0.4 is 0 Å². The third kappa shape index (κ3) is 1.27. The zero-order chi connectivity index (χ0) is 10.3. The Labute approximate surface area is 83.8 Å². The van der Waals surface area contributed by atoms with Crippen molar-refractivity contribution in [3.8, 4) is 5.75 Å². The molecule has 14 heavy (non-hydrogen) atoms. The van der Waals surface area contributed by atoms with Gasteiger partial charge in [0.25, 0.3) is 0 Å². The highest BCUT2D eigenvalue weighted by atomic mass is 16.3. The lowest BCUT2D eigenvalue weighted by Crippen LogP contribution is -2.01. The molecule has 1 N–H and O–H groups in total. The molecule has 1 aromatic heterocycles. The van der Waals surface area contributed by atoms with Crippen molar-refractivity contribution < 1.29 is 5.11 Å². The second-order valence-electron chi connectivity index (χ2n) is 3.99. The third-order valence-corrected chi connectivity index (χ3v) is 2.53. The molecular weight excluding hydrogens is 174 g/mol. The van der Waals surface area contributed by atoms with Gasteiger partial charge in [-0.1, -0.05) is 0 Å². The Morgan fingerprint density at radius 1 is 1.21 bits per heavy atom. The molecule has 1 heterocycles. The van der Waals surface area contributed by atoms with Crippen LogP contribution in [0.3, 0.4) is 0 Å². The average molecular weight is 189 g/mol. The van der Waals surface area contributed by atoms with Crippen LogP contribution in [0.15, 0.2) is 24.3 Å². The van der Waals surface area contributed by atoms with Crippen molar-refractivity contribution in [2.24, 2.45) is 0 Å². The Balaban J connectivity index is 2.79. The van der Waals surface area contributed by atoms with Gasteiger partial charge in [0.2, 0.25) is 0 Å². The fraction of sp³-hybridized carbons (Fsp3) is 0.333. The van der Waals surface area contributed by atoms with Crippen molar-refractivity contribution in [1.82, 2.24) is 4.57 Å². The number of hydrogen-bond acceptors (Lipinski definition) is 1. The average Bonchev–Trinajstić information content (AvgIpc) is 2.40. The highest BCUT2D eigenvalue weighted by Gasteiger charge is 2.08. The molecule has 2 nitrogen and oxygen atoms in total. The van der Waals surface area contributed by atoms with E-state index in [0.717, 1.165) is 5.52 Å². The van der Waals surface area contributed by atoms with Crippen molar-refractivity contribution in [1.29, 1.82) is 0 Å². The van der Waals surface area contributed by atoms with Crippen molar-refractivity contribution in [2.75, 3.05) is 0 Å². The standard InChI is InChI=1S/C12H15NO/c1-8(2)13-9(3)6-10-4-5-11(14)7-12(10)13/h4-8,14H,1-3H3. The zero-order valence-electron chi connectivity index (χ0n) is 8.78. The molecule has 0 amide bonds. The van der Waals surface area contributed by atoms with Crippen molar-refractivity contribution >= 4 is 10.9 Å². The summed E-state index contributed by atoms with van der Waals surface area (Å²) in [6.45, 7) is 6.39. The minimum atomic E-state index is 0.331. The van der Waals surface area contributed by atoms with E-state index >= 15 is 0 Å². The maximum absolute atomic E-state index is 9.43. The monoisotopic (exact) mass is 189 g/mol. The lowest BCUT2D eigenvalue weighted by Gasteiger charge is -2.12. The Morgan fingerprint density at radius 2 is 1.93 bits per heavy atom. The molecule has 0 spiro atoms. The van der Waals surface area contributed by atoms with E-state index in [9.17, 15) is 5.11 Å². The van der Waals surface area contributed by atoms with Gasteiger partial charge in [0.15, 0.2) is 0 Å². The summed E-state index contributed by atoms with van der Waals surface area (Å²) in [6, 6.07) is 8.08. The number of nitrogens with zero attached hydrogens (tertiary/aromatic N) is 1. The molecule has 0 saturated carbocycles. The molecule has 0 saturated heterocycles. The van der Waals surface area contributed by atoms with Gasteiger partial charge in [0.05, 0.1) is 5.52 Å². The van der Waals surface area contributed by atoms with Gasteiger partial charge >= 0.3 is 0 Å². The predicted molar refractivity (Wildman–Crippen MR) is 58.7 cm³/mol. The van der Waals surface area contributed by atoms with Gasteiger partial charge in [-0.2, -0.15) is 0 Å². The smallest absolute Gasteiger partial charge is 0.117 e. The molecule has 0 bridgehead atoms. The molecule has 74 valence electrons. The molecule has 1 aromatic carbocycles. The van der Waals surface area contributed by atoms with Crippen LogP contribution in [0.4, 0.5) is 0 Å². The van der Waals surface area contributed by atoms with Gasteiger partial charge in [-0.25, -0.2) is 0 Å². The summed E-state index contributed by atoms with van der Waals surface area (Å²) in [4.78, 5) is 0. The van der Waals surface area contributed by atoms with Crippen LogP contribution in [0.5, 0.6) is 5.75 Å². The van der Waals surface area contributed by atoms with E-state index in [1.165, 1.54) is 11.1 Å². The lowest BCUT2D eigenvalue weighted by atomic mass is 10.2. The summed E-state index contributed by atoms with van der Waals surface area (Å²) in [6.07, 6.45) is 0. The summed E-state index contributed by atoms with van der Waals surface area (Å²) in [7, 11) is 0. The summed E-state index contributed by atoms with van der Waals surface area (Å²) in [5.41, 5.74) is 2.35. The molecular formula is C12H15NO. The number of fused-ring (bicyclic) bond motifs is 1. The van der Waals surface area contributed by atoms with Gasteiger partial charge in [-0.15, -0.1) is 0 Å². The van der Waals surface area contributed by atoms with Crippen LogP contribution in [0.2, 0.25) is 0 Å². The Bertz CT molecular complexity index is 468. The summed E-state index contributed by atoms with van der Waals surface area (Å²) >= 11 is 0. The highest BCUT2D eigenvalue weighted by molar-refractivity contribution is 5.82. The molecule has 0 aliphatic carbocycles. The predicted octanol–water partition coefficient (Wildman–Crippen LogP) is 3.24. The molecule has 0 aliphatic heterocycles. The Hall–Kier alpha value is -1.44. The van der Waals surface area contributed by atoms with Crippen LogP contribution in [0, 0.1) is 6.92 Å². The molecule has 0 unspecified atom stereocenters. The molecule has 0 radical (unpaired) electrons.